The zero-order chi connectivity index (χ0) is 24.5. The van der Waals surface area contributed by atoms with E-state index in [0.29, 0.717) is 35.5 Å². The summed E-state index contributed by atoms with van der Waals surface area (Å²) in [5.74, 6) is -0.105. The topological polar surface area (TPSA) is 99.2 Å². The molecule has 1 aliphatic heterocycles. The smallest absolute Gasteiger partial charge is 0.350 e. The molecule has 3 N–H and O–H groups in total. The van der Waals surface area contributed by atoms with Gasteiger partial charge in [-0.05, 0) is 48.4 Å². The minimum atomic E-state index is -4.51. The molecular formula is C22H30ClF3N4O2. The Morgan fingerprint density at radius 1 is 1.34 bits per heavy atom. The van der Waals surface area contributed by atoms with Crippen molar-refractivity contribution < 1.29 is 22.8 Å². The third-order valence-electron chi connectivity index (χ3n) is 5.58. The lowest BCUT2D eigenvalue weighted by Gasteiger charge is -2.25. The molecular weight excluding hydrogens is 445 g/mol. The fraction of sp³-hybridized carbons (Fsp3) is 0.591. The van der Waals surface area contributed by atoms with E-state index in [9.17, 15) is 22.8 Å². The number of nitrogens with zero attached hydrogens (tertiary/aromatic N) is 2. The number of halogens is 4. The van der Waals surface area contributed by atoms with Crippen LogP contribution in [0.15, 0.2) is 18.2 Å². The number of carbonyl (C=O) groups excluding carboxylic acids is 2. The minimum Gasteiger partial charge on any atom is -0.350 e. The van der Waals surface area contributed by atoms with Gasteiger partial charge in [0, 0.05) is 31.1 Å². The summed E-state index contributed by atoms with van der Waals surface area (Å²) in [6, 6.07) is 1.96. The van der Waals surface area contributed by atoms with Crippen LogP contribution in [0.4, 0.5) is 13.2 Å². The summed E-state index contributed by atoms with van der Waals surface area (Å²) in [4.78, 5) is 26.9. The van der Waals surface area contributed by atoms with Crippen molar-refractivity contribution in [2.24, 2.45) is 11.7 Å². The van der Waals surface area contributed by atoms with Crippen molar-refractivity contribution in [3.63, 3.8) is 0 Å². The molecule has 0 spiro atoms. The van der Waals surface area contributed by atoms with E-state index in [1.54, 1.807) is 4.90 Å². The predicted molar refractivity (Wildman–Crippen MR) is 117 cm³/mol. The highest BCUT2D eigenvalue weighted by Crippen LogP contribution is 2.25. The summed E-state index contributed by atoms with van der Waals surface area (Å²) in [5, 5.41) is 9.62. The van der Waals surface area contributed by atoms with E-state index in [0.717, 1.165) is 12.8 Å². The van der Waals surface area contributed by atoms with Crippen LogP contribution in [0.1, 0.15) is 50.7 Å². The summed E-state index contributed by atoms with van der Waals surface area (Å²) in [7, 11) is 0. The molecule has 0 aliphatic carbocycles. The fourth-order valence-electron chi connectivity index (χ4n) is 3.51. The monoisotopic (exact) mass is 474 g/mol. The zero-order valence-corrected chi connectivity index (χ0v) is 19.0. The molecule has 1 fully saturated rings. The van der Waals surface area contributed by atoms with E-state index in [2.05, 4.69) is 11.9 Å². The first-order valence-electron chi connectivity index (χ1n) is 10.5. The number of carbonyl (C=O) groups is 2. The summed E-state index contributed by atoms with van der Waals surface area (Å²) in [6.45, 7) is 8.06. The second-order valence-electron chi connectivity index (χ2n) is 7.95. The van der Waals surface area contributed by atoms with E-state index in [-0.39, 0.29) is 24.3 Å². The average Bonchev–Trinajstić information content (AvgIpc) is 3.24. The molecule has 3 atom stereocenters. The van der Waals surface area contributed by atoms with Crippen molar-refractivity contribution in [3.05, 3.63) is 34.3 Å². The van der Waals surface area contributed by atoms with Gasteiger partial charge in [-0.25, -0.2) is 5.26 Å². The SMILES string of the molecule is C#N.CCC(C)CC(=O)N1CCCC1C(=O)NCc1cc(Cl)ccc1CC(N)C(F)(F)F. The molecule has 2 amide bonds. The van der Waals surface area contributed by atoms with E-state index >= 15 is 0 Å². The zero-order valence-electron chi connectivity index (χ0n) is 18.3. The highest BCUT2D eigenvalue weighted by Gasteiger charge is 2.37. The van der Waals surface area contributed by atoms with Crippen LogP contribution < -0.4 is 11.1 Å². The number of likely N-dealkylation sites (tertiary alicyclic amines) is 1. The summed E-state index contributed by atoms with van der Waals surface area (Å²) in [5.41, 5.74) is 6.11. The van der Waals surface area contributed by atoms with Crippen LogP contribution in [0.5, 0.6) is 0 Å². The predicted octanol–water partition coefficient (Wildman–Crippen LogP) is 3.96. The standard InChI is InChI=1S/C21H29ClF3N3O2.CHN/c1-3-13(2)9-19(29)28-8-4-5-17(28)20(30)27-12-15-10-16(22)7-6-14(15)11-18(26)21(23,24)25;1-2/h6-7,10,13,17-18H,3-5,8-9,11-12,26H2,1-2H3,(H,27,30);1H. The molecule has 0 bridgehead atoms. The average molecular weight is 475 g/mol. The van der Waals surface area contributed by atoms with Gasteiger partial charge >= 0.3 is 6.18 Å². The number of rotatable bonds is 8. The van der Waals surface area contributed by atoms with Crippen LogP contribution in [-0.2, 0) is 22.6 Å². The molecule has 1 aliphatic rings. The Morgan fingerprint density at radius 2 is 2.00 bits per heavy atom. The number of alkyl halides is 3. The first-order valence-corrected chi connectivity index (χ1v) is 10.8. The van der Waals surface area contributed by atoms with Crippen molar-refractivity contribution in [3.8, 4) is 6.57 Å². The molecule has 32 heavy (non-hydrogen) atoms. The maximum absolute atomic E-state index is 12.8. The lowest BCUT2D eigenvalue weighted by Crippen LogP contribution is -2.46. The summed E-state index contributed by atoms with van der Waals surface area (Å²) >= 11 is 5.99. The molecule has 0 saturated carbocycles. The Balaban J connectivity index is 0.00000249. The van der Waals surface area contributed by atoms with Gasteiger partial charge in [-0.3, -0.25) is 9.59 Å². The van der Waals surface area contributed by atoms with E-state index in [1.165, 1.54) is 18.2 Å². The number of hydrogen-bond acceptors (Lipinski definition) is 4. The van der Waals surface area contributed by atoms with Gasteiger partial charge in [-0.15, -0.1) is 0 Å². The second-order valence-corrected chi connectivity index (χ2v) is 8.38. The first kappa shape index (κ1) is 27.7. The van der Waals surface area contributed by atoms with Crippen LogP contribution in [-0.4, -0.2) is 41.5 Å². The third kappa shape index (κ3) is 7.99. The van der Waals surface area contributed by atoms with Crippen LogP contribution >= 0.6 is 11.6 Å². The maximum Gasteiger partial charge on any atom is 0.403 e. The number of benzene rings is 1. The molecule has 1 aromatic rings. The van der Waals surface area contributed by atoms with Crippen molar-refractivity contribution >= 4 is 23.4 Å². The van der Waals surface area contributed by atoms with Crippen LogP contribution in [0.25, 0.3) is 0 Å². The number of nitriles is 1. The van der Waals surface area contributed by atoms with Crippen molar-refractivity contribution in [2.75, 3.05) is 6.54 Å². The maximum atomic E-state index is 12.8. The number of nitrogens with two attached hydrogens (primary N) is 1. The van der Waals surface area contributed by atoms with Gasteiger partial charge in [0.15, 0.2) is 0 Å². The summed E-state index contributed by atoms with van der Waals surface area (Å²) < 4.78 is 38.5. The highest BCUT2D eigenvalue weighted by atomic mass is 35.5. The van der Waals surface area contributed by atoms with Gasteiger partial charge in [0.25, 0.3) is 0 Å². The van der Waals surface area contributed by atoms with Crippen LogP contribution in [0.3, 0.4) is 0 Å². The Kier molecular flexibility index (Phi) is 11.0. The van der Waals surface area contributed by atoms with Gasteiger partial charge in [-0.2, -0.15) is 13.2 Å². The molecule has 1 saturated heterocycles. The van der Waals surface area contributed by atoms with Crippen molar-refractivity contribution in [2.45, 2.75) is 70.8 Å². The molecule has 6 nitrogen and oxygen atoms in total. The quantitative estimate of drug-likeness (QED) is 0.595. The summed E-state index contributed by atoms with van der Waals surface area (Å²) in [6.07, 6.45) is -2.33. The molecule has 2 rings (SSSR count). The van der Waals surface area contributed by atoms with Crippen molar-refractivity contribution in [1.82, 2.24) is 10.2 Å². The van der Waals surface area contributed by atoms with Gasteiger partial charge < -0.3 is 16.0 Å². The molecule has 178 valence electrons. The molecule has 3 unspecified atom stereocenters. The fourth-order valence-corrected chi connectivity index (χ4v) is 3.70. The van der Waals surface area contributed by atoms with Crippen molar-refractivity contribution in [1.29, 1.82) is 5.26 Å². The Bertz CT molecular complexity index is 801. The number of hydrogen-bond donors (Lipinski definition) is 2. The van der Waals surface area contributed by atoms with Gasteiger partial charge in [0.05, 0.1) is 0 Å². The Hall–Kier alpha value is -2.31. The first-order chi connectivity index (χ1) is 15.0. The van der Waals surface area contributed by atoms with Gasteiger partial charge in [-0.1, -0.05) is 37.9 Å². The largest absolute Gasteiger partial charge is 0.403 e. The molecule has 0 aromatic heterocycles. The normalized spacial score (nSPS) is 17.8. The molecule has 1 heterocycles. The molecule has 10 heteroatoms. The Morgan fingerprint density at radius 3 is 2.59 bits per heavy atom. The van der Waals surface area contributed by atoms with Gasteiger partial charge in [0.1, 0.15) is 12.1 Å². The minimum absolute atomic E-state index is 0.0171. The number of nitrogens with one attached hydrogen (secondary N) is 1. The Labute approximate surface area is 191 Å². The van der Waals surface area contributed by atoms with Crippen LogP contribution in [0.2, 0.25) is 5.02 Å². The van der Waals surface area contributed by atoms with Crippen LogP contribution in [0, 0.1) is 17.8 Å². The lowest BCUT2D eigenvalue weighted by atomic mass is 10.00. The van der Waals surface area contributed by atoms with E-state index in [4.69, 9.17) is 22.6 Å². The van der Waals surface area contributed by atoms with E-state index < -0.39 is 24.7 Å². The lowest BCUT2D eigenvalue weighted by molar-refractivity contribution is -0.147. The molecule has 1 aromatic carbocycles. The third-order valence-corrected chi connectivity index (χ3v) is 5.81. The van der Waals surface area contributed by atoms with E-state index in [1.807, 2.05) is 13.8 Å². The van der Waals surface area contributed by atoms with Gasteiger partial charge in [0.2, 0.25) is 11.8 Å². The number of amides is 2. The second kappa shape index (κ2) is 12.7. The molecule has 0 radical (unpaired) electrons. The highest BCUT2D eigenvalue weighted by molar-refractivity contribution is 6.30.